The molecule has 0 unspecified atom stereocenters. The SMILES string of the molecule is COc1cc2c(cc1OC)CN(C(=O)CC(=O)Nc1ccccc1Cl)CC2. The van der Waals surface area contributed by atoms with Crippen molar-refractivity contribution in [3.05, 3.63) is 52.5 Å². The number of benzene rings is 2. The fraction of sp³-hybridized carbons (Fsp3) is 0.300. The van der Waals surface area contributed by atoms with Gasteiger partial charge in [-0.2, -0.15) is 0 Å². The number of anilines is 1. The van der Waals surface area contributed by atoms with Crippen LogP contribution in [-0.2, 0) is 22.6 Å². The van der Waals surface area contributed by atoms with E-state index in [9.17, 15) is 9.59 Å². The summed E-state index contributed by atoms with van der Waals surface area (Å²) in [7, 11) is 3.18. The average molecular weight is 389 g/mol. The third-order valence-corrected chi connectivity index (χ3v) is 4.86. The lowest BCUT2D eigenvalue weighted by Gasteiger charge is -2.29. The summed E-state index contributed by atoms with van der Waals surface area (Å²) in [4.78, 5) is 26.4. The molecule has 142 valence electrons. The van der Waals surface area contributed by atoms with Gasteiger partial charge < -0.3 is 19.7 Å². The zero-order valence-electron chi connectivity index (χ0n) is 15.3. The molecular formula is C20H21ClN2O4. The lowest BCUT2D eigenvalue weighted by Crippen LogP contribution is -2.37. The number of hydrogen-bond donors (Lipinski definition) is 1. The average Bonchev–Trinajstić information content (AvgIpc) is 2.68. The van der Waals surface area contributed by atoms with Crippen LogP contribution in [0.4, 0.5) is 5.69 Å². The first-order chi connectivity index (χ1) is 13.0. The number of methoxy groups -OCH3 is 2. The van der Waals surface area contributed by atoms with E-state index in [1.165, 1.54) is 0 Å². The molecule has 2 amide bonds. The van der Waals surface area contributed by atoms with Gasteiger partial charge in [0.2, 0.25) is 11.8 Å². The predicted molar refractivity (Wildman–Crippen MR) is 103 cm³/mol. The van der Waals surface area contributed by atoms with Crippen LogP contribution < -0.4 is 14.8 Å². The molecule has 1 aliphatic heterocycles. The Morgan fingerprint density at radius 3 is 2.44 bits per heavy atom. The fourth-order valence-electron chi connectivity index (χ4n) is 3.10. The van der Waals surface area contributed by atoms with Crippen LogP contribution in [0.1, 0.15) is 17.5 Å². The minimum atomic E-state index is -0.383. The molecule has 0 fully saturated rings. The second-order valence-corrected chi connectivity index (χ2v) is 6.65. The number of para-hydroxylation sites is 1. The van der Waals surface area contributed by atoms with Crippen LogP contribution >= 0.6 is 11.6 Å². The van der Waals surface area contributed by atoms with E-state index in [2.05, 4.69) is 5.32 Å². The highest BCUT2D eigenvalue weighted by Gasteiger charge is 2.24. The number of amides is 2. The zero-order valence-corrected chi connectivity index (χ0v) is 16.0. The predicted octanol–water partition coefficient (Wildman–Crippen LogP) is 3.27. The summed E-state index contributed by atoms with van der Waals surface area (Å²) in [6.45, 7) is 0.995. The molecule has 3 rings (SSSR count). The van der Waals surface area contributed by atoms with Gasteiger partial charge in [0, 0.05) is 13.1 Å². The second kappa shape index (κ2) is 8.31. The van der Waals surface area contributed by atoms with Crippen LogP contribution in [0.15, 0.2) is 36.4 Å². The van der Waals surface area contributed by atoms with Crippen LogP contribution in [-0.4, -0.2) is 37.5 Å². The lowest BCUT2D eigenvalue weighted by atomic mass is 9.98. The Kier molecular flexibility index (Phi) is 5.86. The topological polar surface area (TPSA) is 67.9 Å². The molecule has 1 heterocycles. The second-order valence-electron chi connectivity index (χ2n) is 6.25. The molecule has 27 heavy (non-hydrogen) atoms. The van der Waals surface area contributed by atoms with Gasteiger partial charge in [-0.05, 0) is 41.8 Å². The molecule has 6 nitrogen and oxygen atoms in total. The third-order valence-electron chi connectivity index (χ3n) is 4.53. The largest absolute Gasteiger partial charge is 0.493 e. The quantitative estimate of drug-likeness (QED) is 0.798. The van der Waals surface area contributed by atoms with Crippen molar-refractivity contribution in [2.45, 2.75) is 19.4 Å². The number of ether oxygens (including phenoxy) is 2. The summed E-state index contributed by atoms with van der Waals surface area (Å²) in [5.41, 5.74) is 2.62. The van der Waals surface area contributed by atoms with E-state index in [1.54, 1.807) is 43.4 Å². The van der Waals surface area contributed by atoms with Crippen LogP contribution in [0.5, 0.6) is 11.5 Å². The van der Waals surface area contributed by atoms with Gasteiger partial charge in [-0.1, -0.05) is 23.7 Å². The maximum atomic E-state index is 12.5. The van der Waals surface area contributed by atoms with Crippen molar-refractivity contribution in [1.82, 2.24) is 4.90 Å². The molecule has 0 spiro atoms. The Morgan fingerprint density at radius 2 is 1.78 bits per heavy atom. The summed E-state index contributed by atoms with van der Waals surface area (Å²) < 4.78 is 10.7. The molecule has 0 aromatic heterocycles. The molecule has 2 aromatic carbocycles. The molecule has 0 saturated carbocycles. The van der Waals surface area contributed by atoms with Crippen LogP contribution in [0.25, 0.3) is 0 Å². The summed E-state index contributed by atoms with van der Waals surface area (Å²) in [5.74, 6) is 0.698. The van der Waals surface area contributed by atoms with Crippen molar-refractivity contribution in [3.8, 4) is 11.5 Å². The van der Waals surface area contributed by atoms with Crippen molar-refractivity contribution in [2.24, 2.45) is 0 Å². The maximum Gasteiger partial charge on any atom is 0.233 e. The normalized spacial score (nSPS) is 12.9. The molecule has 1 aliphatic rings. The Bertz CT molecular complexity index is 869. The minimum absolute atomic E-state index is 0.222. The first kappa shape index (κ1) is 19.0. The standard InChI is InChI=1S/C20H21ClN2O4/c1-26-17-9-13-7-8-23(12-14(13)10-18(17)27-2)20(25)11-19(24)22-16-6-4-3-5-15(16)21/h3-6,9-10H,7-8,11-12H2,1-2H3,(H,22,24). The van der Waals surface area contributed by atoms with E-state index in [0.717, 1.165) is 11.1 Å². The van der Waals surface area contributed by atoms with Crippen molar-refractivity contribution in [2.75, 3.05) is 26.1 Å². The maximum absolute atomic E-state index is 12.5. The van der Waals surface area contributed by atoms with Gasteiger partial charge in [0.25, 0.3) is 0 Å². The fourth-order valence-corrected chi connectivity index (χ4v) is 3.29. The number of hydrogen-bond acceptors (Lipinski definition) is 4. The van der Waals surface area contributed by atoms with Crippen LogP contribution in [0.3, 0.4) is 0 Å². The van der Waals surface area contributed by atoms with Gasteiger partial charge in [0.1, 0.15) is 6.42 Å². The highest BCUT2D eigenvalue weighted by Crippen LogP contribution is 2.33. The van der Waals surface area contributed by atoms with Crippen molar-refractivity contribution in [1.29, 1.82) is 0 Å². The number of halogens is 1. The number of nitrogens with zero attached hydrogens (tertiary/aromatic N) is 1. The highest BCUT2D eigenvalue weighted by molar-refractivity contribution is 6.33. The molecule has 0 radical (unpaired) electrons. The molecule has 0 bridgehead atoms. The van der Waals surface area contributed by atoms with E-state index in [0.29, 0.717) is 41.7 Å². The summed E-state index contributed by atoms with van der Waals surface area (Å²) in [6, 6.07) is 10.8. The lowest BCUT2D eigenvalue weighted by molar-refractivity contribution is -0.135. The number of nitrogens with one attached hydrogen (secondary N) is 1. The molecule has 0 atom stereocenters. The van der Waals surface area contributed by atoms with E-state index in [1.807, 2.05) is 12.1 Å². The van der Waals surface area contributed by atoms with Crippen molar-refractivity contribution < 1.29 is 19.1 Å². The smallest absolute Gasteiger partial charge is 0.233 e. The van der Waals surface area contributed by atoms with E-state index in [-0.39, 0.29) is 18.2 Å². The molecule has 2 aromatic rings. The van der Waals surface area contributed by atoms with Crippen molar-refractivity contribution >= 4 is 29.1 Å². The van der Waals surface area contributed by atoms with Crippen molar-refractivity contribution in [3.63, 3.8) is 0 Å². The van der Waals surface area contributed by atoms with E-state index in [4.69, 9.17) is 21.1 Å². The summed E-state index contributed by atoms with van der Waals surface area (Å²) in [6.07, 6.45) is 0.474. The Morgan fingerprint density at radius 1 is 1.11 bits per heavy atom. The molecule has 1 N–H and O–H groups in total. The molecular weight excluding hydrogens is 368 g/mol. The van der Waals surface area contributed by atoms with Gasteiger partial charge in [-0.25, -0.2) is 0 Å². The van der Waals surface area contributed by atoms with E-state index < -0.39 is 0 Å². The number of rotatable bonds is 5. The van der Waals surface area contributed by atoms with Gasteiger partial charge >= 0.3 is 0 Å². The summed E-state index contributed by atoms with van der Waals surface area (Å²) >= 11 is 6.03. The van der Waals surface area contributed by atoms with Gasteiger partial charge in [0.15, 0.2) is 11.5 Å². The van der Waals surface area contributed by atoms with Gasteiger partial charge in [-0.15, -0.1) is 0 Å². The number of carbonyl (C=O) groups is 2. The van der Waals surface area contributed by atoms with Crippen LogP contribution in [0, 0.1) is 0 Å². The minimum Gasteiger partial charge on any atom is -0.493 e. The monoisotopic (exact) mass is 388 g/mol. The molecule has 0 aliphatic carbocycles. The molecule has 0 saturated heterocycles. The third kappa shape index (κ3) is 4.34. The zero-order chi connectivity index (χ0) is 19.4. The summed E-state index contributed by atoms with van der Waals surface area (Å²) in [5, 5.41) is 3.11. The number of carbonyl (C=O) groups excluding carboxylic acids is 2. The molecule has 7 heteroatoms. The van der Waals surface area contributed by atoms with Gasteiger partial charge in [-0.3, -0.25) is 9.59 Å². The Hall–Kier alpha value is -2.73. The first-order valence-corrected chi connectivity index (χ1v) is 8.95. The van der Waals surface area contributed by atoms with Gasteiger partial charge in [0.05, 0.1) is 24.9 Å². The number of fused-ring (bicyclic) bond motifs is 1. The van der Waals surface area contributed by atoms with E-state index >= 15 is 0 Å². The van der Waals surface area contributed by atoms with Crippen LogP contribution in [0.2, 0.25) is 5.02 Å². The highest BCUT2D eigenvalue weighted by atomic mass is 35.5. The Labute approximate surface area is 163 Å². The first-order valence-electron chi connectivity index (χ1n) is 8.57. The Balaban J connectivity index is 1.65.